The fourth-order valence-corrected chi connectivity index (χ4v) is 2.32. The van der Waals surface area contributed by atoms with E-state index in [1.165, 1.54) is 19.3 Å². The van der Waals surface area contributed by atoms with Gasteiger partial charge < -0.3 is 10.2 Å². The van der Waals surface area contributed by atoms with Crippen LogP contribution in [0.25, 0.3) is 0 Å². The zero-order chi connectivity index (χ0) is 12.5. The molecule has 0 spiro atoms. The van der Waals surface area contributed by atoms with Gasteiger partial charge in [0.2, 0.25) is 5.91 Å². The summed E-state index contributed by atoms with van der Waals surface area (Å²) in [6.07, 6.45) is 6.53. The summed E-state index contributed by atoms with van der Waals surface area (Å²) in [4.78, 5) is 14.3. The van der Waals surface area contributed by atoms with Gasteiger partial charge in [0.25, 0.3) is 0 Å². The summed E-state index contributed by atoms with van der Waals surface area (Å²) in [5, 5.41) is 3.33. The topological polar surface area (TPSA) is 32.3 Å². The molecule has 1 amide bonds. The Hall–Kier alpha value is -0.570. The normalized spacial score (nSPS) is 19.5. The molecule has 0 aromatic heterocycles. The minimum atomic E-state index is 0.376. The lowest BCUT2D eigenvalue weighted by molar-refractivity contribution is -0.132. The van der Waals surface area contributed by atoms with E-state index >= 15 is 0 Å². The maximum atomic E-state index is 12.2. The fourth-order valence-electron chi connectivity index (χ4n) is 2.32. The maximum absolute atomic E-state index is 12.2. The highest BCUT2D eigenvalue weighted by Crippen LogP contribution is 2.14. The Morgan fingerprint density at radius 3 is 2.35 bits per heavy atom. The van der Waals surface area contributed by atoms with Gasteiger partial charge in [-0.1, -0.05) is 26.7 Å². The third-order valence-corrected chi connectivity index (χ3v) is 3.54. The van der Waals surface area contributed by atoms with E-state index in [-0.39, 0.29) is 0 Å². The molecule has 1 heterocycles. The number of unbranched alkanes of at least 4 members (excludes halogenated alkanes) is 2. The van der Waals surface area contributed by atoms with Gasteiger partial charge in [0, 0.05) is 19.5 Å². The highest BCUT2D eigenvalue weighted by molar-refractivity contribution is 5.76. The molecule has 0 aromatic carbocycles. The van der Waals surface area contributed by atoms with Crippen molar-refractivity contribution in [2.24, 2.45) is 5.92 Å². The van der Waals surface area contributed by atoms with Crippen LogP contribution in [-0.4, -0.2) is 37.0 Å². The predicted molar refractivity (Wildman–Crippen MR) is 72.0 cm³/mol. The van der Waals surface area contributed by atoms with Crippen LogP contribution in [0.1, 0.15) is 52.4 Å². The van der Waals surface area contributed by atoms with Crippen LogP contribution >= 0.6 is 0 Å². The first-order chi connectivity index (χ1) is 8.27. The molecule has 1 aliphatic rings. The molecule has 1 aliphatic heterocycles. The van der Waals surface area contributed by atoms with Crippen LogP contribution in [-0.2, 0) is 4.79 Å². The van der Waals surface area contributed by atoms with Crippen molar-refractivity contribution in [2.75, 3.05) is 26.2 Å². The molecule has 1 fully saturated rings. The van der Waals surface area contributed by atoms with Gasteiger partial charge in [0.05, 0.1) is 0 Å². The van der Waals surface area contributed by atoms with Crippen LogP contribution in [0, 0.1) is 5.92 Å². The molecule has 1 N–H and O–H groups in total. The highest BCUT2D eigenvalue weighted by atomic mass is 16.2. The van der Waals surface area contributed by atoms with Crippen molar-refractivity contribution >= 4 is 5.91 Å². The molecule has 100 valence electrons. The molecule has 0 aromatic rings. The van der Waals surface area contributed by atoms with E-state index in [4.69, 9.17) is 0 Å². The average Bonchev–Trinajstić information content (AvgIpc) is 2.82. The number of carbonyl (C=O) groups excluding carboxylic acids is 1. The molecule has 0 aliphatic carbocycles. The number of rotatable bonds is 8. The van der Waals surface area contributed by atoms with Crippen LogP contribution in [0.3, 0.4) is 0 Å². The van der Waals surface area contributed by atoms with Gasteiger partial charge in [0.15, 0.2) is 0 Å². The molecule has 0 bridgehead atoms. The lowest BCUT2D eigenvalue weighted by Crippen LogP contribution is -2.34. The van der Waals surface area contributed by atoms with Crippen molar-refractivity contribution in [2.45, 2.75) is 52.4 Å². The Morgan fingerprint density at radius 1 is 1.24 bits per heavy atom. The van der Waals surface area contributed by atoms with Crippen LogP contribution in [0.15, 0.2) is 0 Å². The minimum absolute atomic E-state index is 0.376. The van der Waals surface area contributed by atoms with Crippen molar-refractivity contribution in [1.82, 2.24) is 10.2 Å². The standard InChI is InChI=1S/C14H28N2O/c1-3-5-9-16(10-6-4-2)14(17)11-13-7-8-15-12-13/h13,15H,3-12H2,1-2H3. The fraction of sp³-hybridized carbons (Fsp3) is 0.929. The number of hydrogen-bond donors (Lipinski definition) is 1. The van der Waals surface area contributed by atoms with Gasteiger partial charge in [0.1, 0.15) is 0 Å². The minimum Gasteiger partial charge on any atom is -0.343 e. The van der Waals surface area contributed by atoms with E-state index in [0.717, 1.165) is 45.4 Å². The SMILES string of the molecule is CCCCN(CCCC)C(=O)CC1CCNC1. The number of nitrogens with one attached hydrogen (secondary N) is 1. The van der Waals surface area contributed by atoms with Crippen LogP contribution < -0.4 is 5.32 Å². The van der Waals surface area contributed by atoms with Gasteiger partial charge >= 0.3 is 0 Å². The third-order valence-electron chi connectivity index (χ3n) is 3.54. The second kappa shape index (κ2) is 8.51. The Labute approximate surface area is 106 Å². The maximum Gasteiger partial charge on any atom is 0.222 e. The highest BCUT2D eigenvalue weighted by Gasteiger charge is 2.21. The van der Waals surface area contributed by atoms with Gasteiger partial charge in [-0.25, -0.2) is 0 Å². The Bertz CT molecular complexity index is 204. The molecular formula is C14H28N2O. The van der Waals surface area contributed by atoms with Gasteiger partial charge in [-0.2, -0.15) is 0 Å². The lowest BCUT2D eigenvalue weighted by Gasteiger charge is -2.23. The van der Waals surface area contributed by atoms with Crippen LogP contribution in [0.2, 0.25) is 0 Å². The van der Waals surface area contributed by atoms with Crippen molar-refractivity contribution in [3.05, 3.63) is 0 Å². The zero-order valence-electron chi connectivity index (χ0n) is 11.5. The van der Waals surface area contributed by atoms with Gasteiger partial charge in [-0.3, -0.25) is 4.79 Å². The van der Waals surface area contributed by atoms with E-state index in [1.807, 2.05) is 0 Å². The molecule has 0 saturated carbocycles. The summed E-state index contributed by atoms with van der Waals surface area (Å²) < 4.78 is 0. The molecule has 17 heavy (non-hydrogen) atoms. The number of nitrogens with zero attached hydrogens (tertiary/aromatic N) is 1. The van der Waals surface area contributed by atoms with Crippen molar-refractivity contribution in [1.29, 1.82) is 0 Å². The van der Waals surface area contributed by atoms with Crippen LogP contribution in [0.5, 0.6) is 0 Å². The van der Waals surface area contributed by atoms with E-state index in [0.29, 0.717) is 11.8 Å². The summed E-state index contributed by atoms with van der Waals surface area (Å²) in [5.41, 5.74) is 0. The summed E-state index contributed by atoms with van der Waals surface area (Å²) in [7, 11) is 0. The monoisotopic (exact) mass is 240 g/mol. The van der Waals surface area contributed by atoms with E-state index in [9.17, 15) is 4.79 Å². The largest absolute Gasteiger partial charge is 0.343 e. The van der Waals surface area contributed by atoms with Crippen molar-refractivity contribution in [3.63, 3.8) is 0 Å². The van der Waals surface area contributed by atoms with E-state index in [2.05, 4.69) is 24.1 Å². The molecular weight excluding hydrogens is 212 g/mol. The average molecular weight is 240 g/mol. The lowest BCUT2D eigenvalue weighted by atomic mass is 10.0. The Kier molecular flexibility index (Phi) is 7.25. The molecule has 1 rings (SSSR count). The van der Waals surface area contributed by atoms with Crippen molar-refractivity contribution in [3.8, 4) is 0 Å². The first kappa shape index (κ1) is 14.5. The summed E-state index contributed by atoms with van der Waals surface area (Å²) in [5.74, 6) is 0.953. The number of amides is 1. The first-order valence-corrected chi connectivity index (χ1v) is 7.26. The Balaban J connectivity index is 2.34. The van der Waals surface area contributed by atoms with Gasteiger partial charge in [-0.15, -0.1) is 0 Å². The zero-order valence-corrected chi connectivity index (χ0v) is 11.5. The molecule has 0 radical (unpaired) electrons. The third kappa shape index (κ3) is 5.53. The summed E-state index contributed by atoms with van der Waals surface area (Å²) in [6.45, 7) is 8.39. The molecule has 1 atom stereocenters. The second-order valence-electron chi connectivity index (χ2n) is 5.15. The van der Waals surface area contributed by atoms with Crippen molar-refractivity contribution < 1.29 is 4.79 Å². The summed E-state index contributed by atoms with van der Waals surface area (Å²) >= 11 is 0. The molecule has 3 nitrogen and oxygen atoms in total. The number of carbonyl (C=O) groups is 1. The van der Waals surface area contributed by atoms with E-state index in [1.54, 1.807) is 0 Å². The van der Waals surface area contributed by atoms with Crippen LogP contribution in [0.4, 0.5) is 0 Å². The molecule has 3 heteroatoms. The smallest absolute Gasteiger partial charge is 0.222 e. The summed E-state index contributed by atoms with van der Waals surface area (Å²) in [6, 6.07) is 0. The second-order valence-corrected chi connectivity index (χ2v) is 5.15. The molecule has 1 saturated heterocycles. The number of hydrogen-bond acceptors (Lipinski definition) is 2. The molecule has 1 unspecified atom stereocenters. The van der Waals surface area contributed by atoms with E-state index < -0.39 is 0 Å². The predicted octanol–water partition coefficient (Wildman–Crippen LogP) is 2.41. The first-order valence-electron chi connectivity index (χ1n) is 7.26. The Morgan fingerprint density at radius 2 is 1.88 bits per heavy atom. The van der Waals surface area contributed by atoms with Gasteiger partial charge in [-0.05, 0) is 38.3 Å². The quantitative estimate of drug-likeness (QED) is 0.706.